The van der Waals surface area contributed by atoms with Crippen molar-refractivity contribution in [2.75, 3.05) is 13.2 Å². The Balaban J connectivity index is 3.09. The number of carbonyl (C=O) groups excluding carboxylic acids is 1. The quantitative estimate of drug-likeness (QED) is 0.755. The van der Waals surface area contributed by atoms with Gasteiger partial charge in [-0.15, -0.1) is 0 Å². The molecule has 0 aliphatic heterocycles. The van der Waals surface area contributed by atoms with Crippen molar-refractivity contribution in [1.29, 1.82) is 0 Å². The Morgan fingerprint density at radius 1 is 1.22 bits per heavy atom. The summed E-state index contributed by atoms with van der Waals surface area (Å²) in [5, 5.41) is 3.36. The van der Waals surface area contributed by atoms with Crippen molar-refractivity contribution < 1.29 is 9.53 Å². The van der Waals surface area contributed by atoms with Crippen LogP contribution in [0.4, 0.5) is 0 Å². The number of hydrogen-bond acceptors (Lipinski definition) is 3. The Morgan fingerprint density at radius 2 is 1.89 bits per heavy atom. The van der Waals surface area contributed by atoms with E-state index in [1.54, 1.807) is 0 Å². The molecule has 1 N–H and O–H groups in total. The lowest BCUT2D eigenvalue weighted by atomic mass is 9.87. The molecule has 18 heavy (non-hydrogen) atoms. The molecule has 0 amide bonds. The highest BCUT2D eigenvalue weighted by molar-refractivity contribution is 5.82. The van der Waals surface area contributed by atoms with Crippen LogP contribution in [0.15, 0.2) is 30.3 Å². The molecule has 3 nitrogen and oxygen atoms in total. The average Bonchev–Trinajstić information content (AvgIpc) is 2.42. The molecule has 1 atom stereocenters. The van der Waals surface area contributed by atoms with Crippen LogP contribution in [0.25, 0.3) is 0 Å². The number of nitrogens with one attached hydrogen (secondary N) is 1. The van der Waals surface area contributed by atoms with Crippen molar-refractivity contribution in [1.82, 2.24) is 5.32 Å². The van der Waals surface area contributed by atoms with E-state index in [2.05, 4.69) is 12.2 Å². The van der Waals surface area contributed by atoms with Gasteiger partial charge in [-0.1, -0.05) is 44.2 Å². The van der Waals surface area contributed by atoms with Gasteiger partial charge in [0.1, 0.15) is 5.54 Å². The van der Waals surface area contributed by atoms with E-state index in [1.165, 1.54) is 0 Å². The fourth-order valence-electron chi connectivity index (χ4n) is 2.08. The van der Waals surface area contributed by atoms with E-state index in [1.807, 2.05) is 44.2 Å². The molecular weight excluding hydrogens is 226 g/mol. The zero-order valence-corrected chi connectivity index (χ0v) is 11.5. The number of hydrogen-bond donors (Lipinski definition) is 1. The normalized spacial score (nSPS) is 13.9. The largest absolute Gasteiger partial charge is 0.464 e. The van der Waals surface area contributed by atoms with Crippen LogP contribution in [0.1, 0.15) is 39.2 Å². The van der Waals surface area contributed by atoms with E-state index in [9.17, 15) is 4.79 Å². The number of carbonyl (C=O) groups is 1. The first-order valence-corrected chi connectivity index (χ1v) is 6.69. The molecule has 0 heterocycles. The van der Waals surface area contributed by atoms with Crippen molar-refractivity contribution in [2.24, 2.45) is 0 Å². The first-order chi connectivity index (χ1) is 8.71. The van der Waals surface area contributed by atoms with Crippen LogP contribution in [0, 0.1) is 0 Å². The summed E-state index contributed by atoms with van der Waals surface area (Å²) < 4.78 is 5.25. The van der Waals surface area contributed by atoms with Crippen LogP contribution < -0.4 is 5.32 Å². The summed E-state index contributed by atoms with van der Waals surface area (Å²) in [7, 11) is 0. The Bertz CT molecular complexity index is 364. The molecule has 3 heteroatoms. The number of benzene rings is 1. The molecule has 0 aliphatic carbocycles. The molecule has 0 aliphatic rings. The molecule has 0 fully saturated rings. The molecular formula is C15H23NO2. The third kappa shape index (κ3) is 3.10. The summed E-state index contributed by atoms with van der Waals surface area (Å²) in [6.07, 6.45) is 1.66. The van der Waals surface area contributed by atoms with Crippen LogP contribution in [0.5, 0.6) is 0 Å². The molecule has 0 saturated carbocycles. The first-order valence-electron chi connectivity index (χ1n) is 6.69. The summed E-state index contributed by atoms with van der Waals surface area (Å²) >= 11 is 0. The fourth-order valence-corrected chi connectivity index (χ4v) is 2.08. The Morgan fingerprint density at radius 3 is 2.39 bits per heavy atom. The number of ether oxygens (including phenoxy) is 1. The molecule has 0 radical (unpaired) electrons. The van der Waals surface area contributed by atoms with Gasteiger partial charge in [-0.05, 0) is 31.9 Å². The van der Waals surface area contributed by atoms with E-state index in [4.69, 9.17) is 4.74 Å². The SMILES string of the molecule is CCCNC(CC)(C(=O)OCC)c1ccccc1. The second-order valence-corrected chi connectivity index (χ2v) is 4.27. The maximum Gasteiger partial charge on any atom is 0.330 e. The van der Waals surface area contributed by atoms with Gasteiger partial charge < -0.3 is 4.74 Å². The summed E-state index contributed by atoms with van der Waals surface area (Å²) in [4.78, 5) is 12.3. The summed E-state index contributed by atoms with van der Waals surface area (Å²) in [5.41, 5.74) is 0.257. The third-order valence-electron chi connectivity index (χ3n) is 3.10. The fraction of sp³-hybridized carbons (Fsp3) is 0.533. The average molecular weight is 249 g/mol. The standard InChI is InChI=1S/C15H23NO2/c1-4-12-16-15(5-2,14(17)18-6-3)13-10-8-7-9-11-13/h7-11,16H,4-6,12H2,1-3H3. The van der Waals surface area contributed by atoms with Crippen LogP contribution in [0.2, 0.25) is 0 Å². The zero-order valence-electron chi connectivity index (χ0n) is 11.5. The summed E-state index contributed by atoms with van der Waals surface area (Å²) in [5.74, 6) is -0.188. The van der Waals surface area contributed by atoms with Gasteiger partial charge in [0, 0.05) is 0 Å². The maximum absolute atomic E-state index is 12.3. The van der Waals surface area contributed by atoms with E-state index < -0.39 is 5.54 Å². The highest BCUT2D eigenvalue weighted by Gasteiger charge is 2.39. The molecule has 0 aromatic heterocycles. The van der Waals surface area contributed by atoms with Crippen molar-refractivity contribution in [3.05, 3.63) is 35.9 Å². The van der Waals surface area contributed by atoms with Gasteiger partial charge in [0.2, 0.25) is 0 Å². The minimum Gasteiger partial charge on any atom is -0.464 e. The molecule has 100 valence electrons. The van der Waals surface area contributed by atoms with Gasteiger partial charge in [-0.3, -0.25) is 5.32 Å². The predicted molar refractivity (Wildman–Crippen MR) is 73.3 cm³/mol. The lowest BCUT2D eigenvalue weighted by Crippen LogP contribution is -2.50. The second kappa shape index (κ2) is 7.17. The van der Waals surface area contributed by atoms with Crippen molar-refractivity contribution in [3.8, 4) is 0 Å². The van der Waals surface area contributed by atoms with E-state index in [0.29, 0.717) is 13.0 Å². The Kier molecular flexibility index (Phi) is 5.86. The van der Waals surface area contributed by atoms with Gasteiger partial charge in [-0.25, -0.2) is 4.79 Å². The van der Waals surface area contributed by atoms with E-state index in [0.717, 1.165) is 18.5 Å². The minimum absolute atomic E-state index is 0.188. The van der Waals surface area contributed by atoms with Crippen LogP contribution >= 0.6 is 0 Å². The monoisotopic (exact) mass is 249 g/mol. The zero-order chi connectivity index (χ0) is 13.4. The lowest BCUT2D eigenvalue weighted by molar-refractivity contribution is -0.152. The molecule has 1 unspecified atom stereocenters. The molecule has 1 aromatic carbocycles. The van der Waals surface area contributed by atoms with Crippen molar-refractivity contribution in [2.45, 2.75) is 39.2 Å². The first kappa shape index (κ1) is 14.7. The second-order valence-electron chi connectivity index (χ2n) is 4.27. The predicted octanol–water partition coefficient (Wildman–Crippen LogP) is 2.85. The highest BCUT2D eigenvalue weighted by atomic mass is 16.5. The van der Waals surface area contributed by atoms with Gasteiger partial charge in [-0.2, -0.15) is 0 Å². The van der Waals surface area contributed by atoms with Crippen LogP contribution in [0.3, 0.4) is 0 Å². The van der Waals surface area contributed by atoms with Gasteiger partial charge in [0.25, 0.3) is 0 Å². The van der Waals surface area contributed by atoms with Crippen LogP contribution in [-0.2, 0) is 15.1 Å². The minimum atomic E-state index is -0.715. The van der Waals surface area contributed by atoms with Crippen molar-refractivity contribution in [3.63, 3.8) is 0 Å². The molecule has 1 rings (SSSR count). The molecule has 0 spiro atoms. The molecule has 0 bridgehead atoms. The number of rotatable bonds is 7. The Hall–Kier alpha value is -1.35. The number of esters is 1. The van der Waals surface area contributed by atoms with E-state index >= 15 is 0 Å². The third-order valence-corrected chi connectivity index (χ3v) is 3.10. The molecule has 0 saturated heterocycles. The smallest absolute Gasteiger partial charge is 0.330 e. The Labute approximate surface area is 110 Å². The summed E-state index contributed by atoms with van der Waals surface area (Å²) in [6.45, 7) is 7.13. The van der Waals surface area contributed by atoms with Gasteiger partial charge in [0.15, 0.2) is 0 Å². The molecule has 1 aromatic rings. The van der Waals surface area contributed by atoms with Gasteiger partial charge in [0.05, 0.1) is 6.61 Å². The highest BCUT2D eigenvalue weighted by Crippen LogP contribution is 2.26. The van der Waals surface area contributed by atoms with Crippen LogP contribution in [-0.4, -0.2) is 19.1 Å². The lowest BCUT2D eigenvalue weighted by Gasteiger charge is -2.32. The summed E-state index contributed by atoms with van der Waals surface area (Å²) in [6, 6.07) is 9.81. The van der Waals surface area contributed by atoms with Gasteiger partial charge >= 0.3 is 5.97 Å². The van der Waals surface area contributed by atoms with E-state index in [-0.39, 0.29) is 5.97 Å². The maximum atomic E-state index is 12.3. The topological polar surface area (TPSA) is 38.3 Å². The van der Waals surface area contributed by atoms with Crippen molar-refractivity contribution >= 4 is 5.97 Å².